The molecule has 1 rings (SSSR count). The van der Waals surface area contributed by atoms with Gasteiger partial charge < -0.3 is 19.0 Å². The molecule has 5 heteroatoms. The highest BCUT2D eigenvalue weighted by Gasteiger charge is 2.30. The third-order valence-electron chi connectivity index (χ3n) is 5.46. The Morgan fingerprint density at radius 1 is 1.00 bits per heavy atom. The second-order valence-electron chi connectivity index (χ2n) is 9.93. The van der Waals surface area contributed by atoms with E-state index in [9.17, 15) is 10.00 Å². The highest BCUT2D eigenvalue weighted by molar-refractivity contribution is 7.41. The predicted molar refractivity (Wildman–Crippen MR) is 119 cm³/mol. The first kappa shape index (κ1) is 25.4. The van der Waals surface area contributed by atoms with E-state index in [-0.39, 0.29) is 22.9 Å². The van der Waals surface area contributed by atoms with Gasteiger partial charge in [-0.25, -0.2) is 0 Å². The van der Waals surface area contributed by atoms with Gasteiger partial charge in [-0.05, 0) is 35.3 Å². The molecule has 1 aromatic carbocycles. The van der Waals surface area contributed by atoms with Crippen LogP contribution in [0.15, 0.2) is 18.2 Å². The third-order valence-corrected chi connectivity index (χ3v) is 6.16. The lowest BCUT2D eigenvalue weighted by Crippen LogP contribution is -2.30. The molecule has 162 valence electrons. The first-order valence-corrected chi connectivity index (χ1v) is 11.6. The number of aliphatic hydroxyl groups excluding tert-OH is 1. The van der Waals surface area contributed by atoms with Gasteiger partial charge in [0.15, 0.2) is 0 Å². The molecule has 1 aromatic rings. The van der Waals surface area contributed by atoms with Crippen LogP contribution in [-0.2, 0) is 15.4 Å². The van der Waals surface area contributed by atoms with E-state index in [1.54, 1.807) is 0 Å². The van der Waals surface area contributed by atoms with E-state index < -0.39 is 8.60 Å². The molecule has 0 radical (unpaired) electrons. The van der Waals surface area contributed by atoms with Gasteiger partial charge in [0.1, 0.15) is 5.75 Å². The zero-order valence-corrected chi connectivity index (χ0v) is 20.0. The molecule has 0 saturated carbocycles. The molecular weight excluding hydrogens is 371 g/mol. The van der Waals surface area contributed by atoms with Gasteiger partial charge in [-0.3, -0.25) is 0 Å². The Balaban J connectivity index is 2.95. The van der Waals surface area contributed by atoms with Crippen LogP contribution in [0.1, 0.15) is 92.2 Å². The van der Waals surface area contributed by atoms with Gasteiger partial charge in [-0.15, -0.1) is 0 Å². The van der Waals surface area contributed by atoms with Gasteiger partial charge in [0.05, 0.1) is 13.2 Å². The smallest absolute Gasteiger partial charge is 0.394 e. The number of benzene rings is 1. The van der Waals surface area contributed by atoms with Crippen molar-refractivity contribution in [3.05, 3.63) is 29.3 Å². The fourth-order valence-electron chi connectivity index (χ4n) is 3.10. The molecule has 4 nitrogen and oxygen atoms in total. The van der Waals surface area contributed by atoms with Crippen molar-refractivity contribution in [1.82, 2.24) is 0 Å². The number of rotatable bonds is 10. The number of unbranched alkanes of at least 4 members (excludes halogenated alkanes) is 1. The molecule has 0 heterocycles. The second-order valence-corrected chi connectivity index (χ2v) is 10.8. The summed E-state index contributed by atoms with van der Waals surface area (Å²) in [6.07, 6.45) is 3.79. The Hall–Kier alpha value is -0.670. The number of hydrogen-bond donors (Lipinski definition) is 2. The molecule has 0 spiro atoms. The molecule has 0 aliphatic carbocycles. The van der Waals surface area contributed by atoms with E-state index in [1.165, 1.54) is 5.56 Å². The summed E-state index contributed by atoms with van der Waals surface area (Å²) >= 11 is 0. The summed E-state index contributed by atoms with van der Waals surface area (Å²) in [6, 6.07) is 6.16. The van der Waals surface area contributed by atoms with Crippen molar-refractivity contribution in [1.29, 1.82) is 0 Å². The van der Waals surface area contributed by atoms with Crippen molar-refractivity contribution < 1.29 is 19.0 Å². The van der Waals surface area contributed by atoms with Gasteiger partial charge >= 0.3 is 8.60 Å². The highest BCUT2D eigenvalue weighted by atomic mass is 31.2. The fraction of sp³-hybridized carbons (Fsp3) is 0.739. The predicted octanol–water partition coefficient (Wildman–Crippen LogP) is 6.48. The van der Waals surface area contributed by atoms with E-state index in [0.29, 0.717) is 12.4 Å². The summed E-state index contributed by atoms with van der Waals surface area (Å²) in [5, 5.41) is 9.87. The van der Waals surface area contributed by atoms with Crippen molar-refractivity contribution in [2.45, 2.75) is 91.9 Å². The lowest BCUT2D eigenvalue weighted by molar-refractivity contribution is 0.0482. The SMILES string of the molecule is CCCCC(CC)(CO)COP(O)Oc1ccc(C(C)(C)C)cc1C(C)(C)C. The van der Waals surface area contributed by atoms with Crippen molar-refractivity contribution in [3.63, 3.8) is 0 Å². The maximum Gasteiger partial charge on any atom is 0.394 e. The Morgan fingerprint density at radius 2 is 1.64 bits per heavy atom. The quantitative estimate of drug-likeness (QED) is 0.432. The van der Waals surface area contributed by atoms with E-state index in [1.807, 2.05) is 6.07 Å². The van der Waals surface area contributed by atoms with Crippen LogP contribution in [0.5, 0.6) is 5.75 Å². The summed E-state index contributed by atoms with van der Waals surface area (Å²) in [6.45, 7) is 17.5. The molecule has 0 aromatic heterocycles. The van der Waals surface area contributed by atoms with Crippen LogP contribution in [-0.4, -0.2) is 23.2 Å². The third kappa shape index (κ3) is 7.30. The average molecular weight is 413 g/mol. The molecule has 2 unspecified atom stereocenters. The summed E-state index contributed by atoms with van der Waals surface area (Å²) in [5.41, 5.74) is 1.90. The molecule has 2 N–H and O–H groups in total. The lowest BCUT2D eigenvalue weighted by atomic mass is 9.80. The molecule has 2 atom stereocenters. The number of hydrogen-bond acceptors (Lipinski definition) is 4. The Labute approximate surface area is 173 Å². The van der Waals surface area contributed by atoms with E-state index in [2.05, 4.69) is 67.5 Å². The normalized spacial score (nSPS) is 15.9. The Kier molecular flexibility index (Phi) is 9.41. The first-order chi connectivity index (χ1) is 12.9. The molecule has 0 saturated heterocycles. The minimum Gasteiger partial charge on any atom is -0.427 e. The molecule has 28 heavy (non-hydrogen) atoms. The van der Waals surface area contributed by atoms with Gasteiger partial charge in [0.25, 0.3) is 0 Å². The summed E-state index contributed by atoms with van der Waals surface area (Å²) in [7, 11) is -2.06. The second kappa shape index (κ2) is 10.4. The zero-order chi connectivity index (χ0) is 21.6. The molecule has 0 fully saturated rings. The van der Waals surface area contributed by atoms with Crippen LogP contribution in [0.3, 0.4) is 0 Å². The summed E-state index contributed by atoms with van der Waals surface area (Å²) in [4.78, 5) is 10.4. The number of aliphatic hydroxyl groups is 1. The van der Waals surface area contributed by atoms with Crippen molar-refractivity contribution in [2.24, 2.45) is 5.41 Å². The first-order valence-electron chi connectivity index (χ1n) is 10.4. The van der Waals surface area contributed by atoms with E-state index >= 15 is 0 Å². The largest absolute Gasteiger partial charge is 0.427 e. The Morgan fingerprint density at radius 3 is 2.11 bits per heavy atom. The van der Waals surface area contributed by atoms with Crippen molar-refractivity contribution in [3.8, 4) is 5.75 Å². The minimum absolute atomic E-state index is 0.0418. The van der Waals surface area contributed by atoms with E-state index in [0.717, 1.165) is 31.2 Å². The standard InChI is InChI=1S/C23H41O4P/c1-9-11-14-23(10-2,16-24)17-26-28(25)27-20-13-12-18(21(3,4)5)15-19(20)22(6,7)8/h12-13,15,24-25H,9-11,14,16-17H2,1-8H3. The molecule has 0 amide bonds. The zero-order valence-electron chi connectivity index (χ0n) is 19.1. The maximum absolute atomic E-state index is 10.4. The van der Waals surface area contributed by atoms with Crippen LogP contribution < -0.4 is 4.52 Å². The van der Waals surface area contributed by atoms with Gasteiger partial charge in [-0.2, -0.15) is 0 Å². The van der Waals surface area contributed by atoms with Gasteiger partial charge in [0, 0.05) is 11.0 Å². The monoisotopic (exact) mass is 412 g/mol. The summed E-state index contributed by atoms with van der Waals surface area (Å²) < 4.78 is 11.5. The van der Waals surface area contributed by atoms with Crippen molar-refractivity contribution >= 4 is 8.60 Å². The van der Waals surface area contributed by atoms with Crippen LogP contribution in [0.25, 0.3) is 0 Å². The van der Waals surface area contributed by atoms with Crippen LogP contribution in [0.2, 0.25) is 0 Å². The van der Waals surface area contributed by atoms with Crippen LogP contribution in [0, 0.1) is 5.41 Å². The fourth-order valence-corrected chi connectivity index (χ4v) is 3.87. The maximum atomic E-state index is 10.4. The summed E-state index contributed by atoms with van der Waals surface area (Å²) in [5.74, 6) is 0.661. The highest BCUT2D eigenvalue weighted by Crippen LogP contribution is 2.43. The molecular formula is C23H41O4P. The van der Waals surface area contributed by atoms with Gasteiger partial charge in [-0.1, -0.05) is 80.4 Å². The minimum atomic E-state index is -2.06. The van der Waals surface area contributed by atoms with Crippen LogP contribution >= 0.6 is 8.60 Å². The molecule has 0 aliphatic rings. The van der Waals surface area contributed by atoms with Crippen molar-refractivity contribution in [2.75, 3.05) is 13.2 Å². The van der Waals surface area contributed by atoms with E-state index in [4.69, 9.17) is 9.05 Å². The van der Waals surface area contributed by atoms with Crippen LogP contribution in [0.4, 0.5) is 0 Å². The average Bonchev–Trinajstić information content (AvgIpc) is 2.61. The Bertz CT molecular complexity index is 598. The topological polar surface area (TPSA) is 58.9 Å². The lowest BCUT2D eigenvalue weighted by Gasteiger charge is -2.31. The van der Waals surface area contributed by atoms with Gasteiger partial charge in [0.2, 0.25) is 0 Å². The molecule has 0 aliphatic heterocycles. The molecule has 0 bridgehead atoms.